The maximum absolute atomic E-state index is 10.2. The maximum Gasteiger partial charge on any atom is 0.153 e. The highest BCUT2D eigenvalue weighted by Crippen LogP contribution is 2.15. The third-order valence-corrected chi connectivity index (χ3v) is 2.31. The van der Waals surface area contributed by atoms with Crippen LogP contribution in [0.5, 0.6) is 11.5 Å². The molecule has 94 valence electrons. The van der Waals surface area contributed by atoms with Crippen LogP contribution in [-0.2, 0) is 0 Å². The van der Waals surface area contributed by atoms with Crippen LogP contribution in [0.3, 0.4) is 0 Å². The van der Waals surface area contributed by atoms with E-state index in [1.165, 1.54) is 6.07 Å². The van der Waals surface area contributed by atoms with Crippen LogP contribution >= 0.6 is 0 Å². The molecule has 0 aliphatic carbocycles. The number of aldehydes is 1. The van der Waals surface area contributed by atoms with Gasteiger partial charge in [0.05, 0.1) is 5.56 Å². The number of carbonyl (C=O) groups excluding carboxylic acids is 1. The number of hydrogen-bond acceptors (Lipinski definition) is 3. The molecule has 0 fully saturated rings. The van der Waals surface area contributed by atoms with E-state index in [2.05, 4.69) is 0 Å². The Bertz CT molecular complexity index is 516. The summed E-state index contributed by atoms with van der Waals surface area (Å²) in [7, 11) is 0. The first-order chi connectivity index (χ1) is 8.52. The Balaban J connectivity index is 0.000000184. The van der Waals surface area contributed by atoms with Crippen LogP contribution in [0, 0.1) is 13.8 Å². The monoisotopic (exact) mass is 244 g/mol. The summed E-state index contributed by atoms with van der Waals surface area (Å²) in [5.74, 6) is 0.380. The minimum absolute atomic E-state index is 0.0422. The Kier molecular flexibility index (Phi) is 4.93. The second-order valence-corrected chi connectivity index (χ2v) is 4.02. The van der Waals surface area contributed by atoms with Crippen LogP contribution in [0.4, 0.5) is 0 Å². The lowest BCUT2D eigenvalue weighted by Gasteiger charge is -1.96. The lowest BCUT2D eigenvalue weighted by atomic mass is 10.1. The van der Waals surface area contributed by atoms with Gasteiger partial charge in [-0.2, -0.15) is 0 Å². The molecule has 3 nitrogen and oxygen atoms in total. The third kappa shape index (κ3) is 4.29. The first-order valence-electron chi connectivity index (χ1n) is 5.53. The predicted molar refractivity (Wildman–Crippen MR) is 71.1 cm³/mol. The van der Waals surface area contributed by atoms with Crippen molar-refractivity contribution in [1.82, 2.24) is 0 Å². The Hall–Kier alpha value is -2.29. The highest BCUT2D eigenvalue weighted by atomic mass is 16.3. The summed E-state index contributed by atoms with van der Waals surface area (Å²) < 4.78 is 0. The molecule has 2 N–H and O–H groups in total. The number of aromatic hydroxyl groups is 2. The summed E-state index contributed by atoms with van der Waals surface area (Å²) in [5, 5.41) is 17.8. The van der Waals surface area contributed by atoms with Gasteiger partial charge in [-0.1, -0.05) is 23.8 Å². The van der Waals surface area contributed by atoms with Gasteiger partial charge >= 0.3 is 0 Å². The topological polar surface area (TPSA) is 57.5 Å². The van der Waals surface area contributed by atoms with E-state index in [0.717, 1.165) is 11.1 Å². The Morgan fingerprint density at radius 3 is 2.06 bits per heavy atom. The molecule has 0 aliphatic heterocycles. The van der Waals surface area contributed by atoms with E-state index in [-0.39, 0.29) is 5.75 Å². The molecule has 0 saturated carbocycles. The summed E-state index contributed by atoms with van der Waals surface area (Å²) in [6.07, 6.45) is 0.641. The number of carbonyl (C=O) groups is 1. The van der Waals surface area contributed by atoms with Crippen LogP contribution in [0.1, 0.15) is 21.5 Å². The van der Waals surface area contributed by atoms with Crippen LogP contribution in [-0.4, -0.2) is 16.5 Å². The van der Waals surface area contributed by atoms with E-state index >= 15 is 0 Å². The largest absolute Gasteiger partial charge is 0.508 e. The molecule has 0 aromatic heterocycles. The fraction of sp³-hybridized carbons (Fsp3) is 0.133. The number of rotatable bonds is 1. The van der Waals surface area contributed by atoms with E-state index in [0.29, 0.717) is 17.6 Å². The molecule has 2 aromatic carbocycles. The second kappa shape index (κ2) is 6.45. The van der Waals surface area contributed by atoms with Crippen molar-refractivity contribution in [3.05, 3.63) is 59.2 Å². The Morgan fingerprint density at radius 1 is 0.944 bits per heavy atom. The molecule has 18 heavy (non-hydrogen) atoms. The van der Waals surface area contributed by atoms with Crippen molar-refractivity contribution in [3.63, 3.8) is 0 Å². The molecule has 2 rings (SSSR count). The Labute approximate surface area is 106 Å². The van der Waals surface area contributed by atoms with Crippen molar-refractivity contribution >= 4 is 6.29 Å². The van der Waals surface area contributed by atoms with Crippen molar-refractivity contribution in [2.75, 3.05) is 0 Å². The predicted octanol–water partition coefficient (Wildman–Crippen LogP) is 3.21. The van der Waals surface area contributed by atoms with Gasteiger partial charge in [0.25, 0.3) is 0 Å². The lowest BCUT2D eigenvalue weighted by Crippen LogP contribution is -1.81. The molecule has 0 spiro atoms. The smallest absolute Gasteiger partial charge is 0.153 e. The molecular formula is C15H16O3. The number of hydrogen-bond donors (Lipinski definition) is 2. The fourth-order valence-corrected chi connectivity index (χ4v) is 1.40. The normalized spacial score (nSPS) is 9.22. The zero-order chi connectivity index (χ0) is 13.5. The Morgan fingerprint density at radius 2 is 1.61 bits per heavy atom. The fourth-order valence-electron chi connectivity index (χ4n) is 1.40. The quantitative estimate of drug-likeness (QED) is 0.757. The van der Waals surface area contributed by atoms with Gasteiger partial charge < -0.3 is 10.2 Å². The highest BCUT2D eigenvalue weighted by Gasteiger charge is 1.96. The minimum Gasteiger partial charge on any atom is -0.508 e. The first-order valence-corrected chi connectivity index (χ1v) is 5.53. The van der Waals surface area contributed by atoms with E-state index in [9.17, 15) is 4.79 Å². The molecule has 0 bridgehead atoms. The van der Waals surface area contributed by atoms with Gasteiger partial charge in [0.2, 0.25) is 0 Å². The van der Waals surface area contributed by atoms with Crippen molar-refractivity contribution in [3.8, 4) is 11.5 Å². The summed E-state index contributed by atoms with van der Waals surface area (Å²) >= 11 is 0. The zero-order valence-electron chi connectivity index (χ0n) is 10.4. The summed E-state index contributed by atoms with van der Waals surface area (Å²) in [5.41, 5.74) is 2.41. The van der Waals surface area contributed by atoms with Crippen LogP contribution < -0.4 is 0 Å². The summed E-state index contributed by atoms with van der Waals surface area (Å²) in [6, 6.07) is 12.1. The van der Waals surface area contributed by atoms with Crippen molar-refractivity contribution in [1.29, 1.82) is 0 Å². The van der Waals surface area contributed by atoms with E-state index in [1.54, 1.807) is 24.3 Å². The summed E-state index contributed by atoms with van der Waals surface area (Å²) in [4.78, 5) is 10.2. The van der Waals surface area contributed by atoms with Gasteiger partial charge in [-0.05, 0) is 43.7 Å². The van der Waals surface area contributed by atoms with Gasteiger partial charge in [0.1, 0.15) is 11.5 Å². The van der Waals surface area contributed by atoms with Crippen LogP contribution in [0.2, 0.25) is 0 Å². The molecule has 0 radical (unpaired) electrons. The number of phenolic OH excluding ortho intramolecular Hbond substituents is 2. The molecule has 0 atom stereocenters. The van der Waals surface area contributed by atoms with Gasteiger partial charge in [-0.3, -0.25) is 4.79 Å². The molecular weight excluding hydrogens is 228 g/mol. The summed E-state index contributed by atoms with van der Waals surface area (Å²) in [6.45, 7) is 3.81. The molecule has 0 heterocycles. The first kappa shape index (κ1) is 13.8. The SMILES string of the molecule is Cc1ccc(O)c(C=O)c1.Cc1cccc(O)c1. The molecule has 0 unspecified atom stereocenters. The molecule has 0 saturated heterocycles. The highest BCUT2D eigenvalue weighted by molar-refractivity contribution is 5.79. The van der Waals surface area contributed by atoms with Crippen LogP contribution in [0.25, 0.3) is 0 Å². The van der Waals surface area contributed by atoms with Crippen molar-refractivity contribution in [2.24, 2.45) is 0 Å². The van der Waals surface area contributed by atoms with Crippen LogP contribution in [0.15, 0.2) is 42.5 Å². The van der Waals surface area contributed by atoms with Crippen molar-refractivity contribution in [2.45, 2.75) is 13.8 Å². The number of benzene rings is 2. The van der Waals surface area contributed by atoms with E-state index < -0.39 is 0 Å². The van der Waals surface area contributed by atoms with Gasteiger partial charge in [-0.15, -0.1) is 0 Å². The average Bonchev–Trinajstić information content (AvgIpc) is 2.33. The van der Waals surface area contributed by atoms with Crippen molar-refractivity contribution < 1.29 is 15.0 Å². The molecule has 2 aromatic rings. The number of aryl methyl sites for hydroxylation is 2. The third-order valence-electron chi connectivity index (χ3n) is 2.31. The number of phenols is 2. The standard InChI is InChI=1S/C8H8O2.C7H8O/c1-6-2-3-8(10)7(4-6)5-9;1-6-3-2-4-7(8)5-6/h2-5,10H,1H3;2-5,8H,1H3. The zero-order valence-corrected chi connectivity index (χ0v) is 10.4. The van der Waals surface area contributed by atoms with Gasteiger partial charge in [-0.25, -0.2) is 0 Å². The molecule has 3 heteroatoms. The average molecular weight is 244 g/mol. The maximum atomic E-state index is 10.2. The molecule has 0 aliphatic rings. The lowest BCUT2D eigenvalue weighted by molar-refractivity contribution is 0.112. The minimum atomic E-state index is 0.0422. The van der Waals surface area contributed by atoms with Gasteiger partial charge in [0, 0.05) is 0 Å². The van der Waals surface area contributed by atoms with E-state index in [1.807, 2.05) is 26.0 Å². The van der Waals surface area contributed by atoms with Gasteiger partial charge in [0.15, 0.2) is 6.29 Å². The molecule has 0 amide bonds. The van der Waals surface area contributed by atoms with E-state index in [4.69, 9.17) is 10.2 Å². The second-order valence-electron chi connectivity index (χ2n) is 4.02.